The van der Waals surface area contributed by atoms with E-state index in [0.717, 1.165) is 25.7 Å². The second-order valence-electron chi connectivity index (χ2n) is 8.59. The summed E-state index contributed by atoms with van der Waals surface area (Å²) in [5.74, 6) is -1.86. The molecule has 2 amide bonds. The summed E-state index contributed by atoms with van der Waals surface area (Å²) in [6.45, 7) is 5.27. The van der Waals surface area contributed by atoms with Crippen LogP contribution in [0.3, 0.4) is 0 Å². The number of aryl methyl sites for hydroxylation is 1. The summed E-state index contributed by atoms with van der Waals surface area (Å²) < 4.78 is 20.2. The van der Waals surface area contributed by atoms with Crippen LogP contribution in [-0.4, -0.2) is 45.8 Å². The number of benzene rings is 1. The number of nitrogens with zero attached hydrogens (tertiary/aromatic N) is 3. The molecule has 0 saturated heterocycles. The predicted molar refractivity (Wildman–Crippen MR) is 115 cm³/mol. The topological polar surface area (TPSA) is 93.5 Å². The van der Waals surface area contributed by atoms with Crippen LogP contribution in [0.25, 0.3) is 0 Å². The standard InChI is InChI=1S/C23H27FN4O4/c1-4-32-21(30)17-12-19-20(29)28(18-10-9-15(24)11-14(18)2)23(3,13-27(19)26-17)22(31)25-16-7-5-6-8-16/h9-12,16H,4-8,13H2,1-3H3,(H,25,31). The van der Waals surface area contributed by atoms with Gasteiger partial charge in [0.15, 0.2) is 5.69 Å². The Morgan fingerprint density at radius 2 is 2.00 bits per heavy atom. The van der Waals surface area contributed by atoms with E-state index in [1.807, 2.05) is 0 Å². The molecule has 2 aliphatic rings. The Hall–Kier alpha value is -3.23. The molecule has 1 N–H and O–H groups in total. The predicted octanol–water partition coefficient (Wildman–Crippen LogP) is 2.99. The van der Waals surface area contributed by atoms with Crippen molar-refractivity contribution >= 4 is 23.5 Å². The SMILES string of the molecule is CCOC(=O)c1cc2n(n1)CC(C)(C(=O)NC1CCCC1)N(c1ccc(F)cc1C)C2=O. The van der Waals surface area contributed by atoms with Crippen molar-refractivity contribution in [1.29, 1.82) is 0 Å². The Bertz CT molecular complexity index is 1080. The monoisotopic (exact) mass is 442 g/mol. The molecule has 0 spiro atoms. The molecule has 1 aliphatic carbocycles. The highest BCUT2D eigenvalue weighted by Crippen LogP contribution is 2.35. The average molecular weight is 442 g/mol. The van der Waals surface area contributed by atoms with E-state index in [1.54, 1.807) is 20.8 Å². The van der Waals surface area contributed by atoms with Crippen molar-refractivity contribution in [1.82, 2.24) is 15.1 Å². The van der Waals surface area contributed by atoms with E-state index in [4.69, 9.17) is 4.74 Å². The number of aromatic nitrogens is 2. The maximum Gasteiger partial charge on any atom is 0.358 e. The van der Waals surface area contributed by atoms with Crippen LogP contribution in [0, 0.1) is 12.7 Å². The first kappa shape index (κ1) is 22.0. The fourth-order valence-corrected chi connectivity index (χ4v) is 4.54. The molecular formula is C23H27FN4O4. The quantitative estimate of drug-likeness (QED) is 0.719. The fourth-order valence-electron chi connectivity index (χ4n) is 4.54. The van der Waals surface area contributed by atoms with Gasteiger partial charge >= 0.3 is 5.97 Å². The maximum absolute atomic E-state index is 13.8. The van der Waals surface area contributed by atoms with Crippen molar-refractivity contribution in [3.05, 3.63) is 47.0 Å². The first-order valence-electron chi connectivity index (χ1n) is 10.9. The summed E-state index contributed by atoms with van der Waals surface area (Å²) in [6, 6.07) is 5.52. The lowest BCUT2D eigenvalue weighted by molar-refractivity contribution is -0.127. The number of ether oxygens (including phenoxy) is 1. The van der Waals surface area contributed by atoms with Crippen molar-refractivity contribution in [3.63, 3.8) is 0 Å². The van der Waals surface area contributed by atoms with Gasteiger partial charge in [-0.2, -0.15) is 5.10 Å². The number of hydrogen-bond donors (Lipinski definition) is 1. The lowest BCUT2D eigenvalue weighted by Crippen LogP contribution is -2.65. The molecule has 2 aromatic rings. The summed E-state index contributed by atoms with van der Waals surface area (Å²) >= 11 is 0. The van der Waals surface area contributed by atoms with Crippen molar-refractivity contribution in [2.45, 2.75) is 64.6 Å². The van der Waals surface area contributed by atoms with E-state index in [-0.39, 0.29) is 36.5 Å². The molecule has 9 heteroatoms. The highest BCUT2D eigenvalue weighted by Gasteiger charge is 2.50. The highest BCUT2D eigenvalue weighted by molar-refractivity contribution is 6.12. The van der Waals surface area contributed by atoms with Crippen LogP contribution in [0.4, 0.5) is 10.1 Å². The van der Waals surface area contributed by atoms with Gasteiger partial charge in [0.1, 0.15) is 17.1 Å². The zero-order chi connectivity index (χ0) is 23.0. The Morgan fingerprint density at radius 1 is 1.28 bits per heavy atom. The van der Waals surface area contributed by atoms with E-state index in [0.29, 0.717) is 11.3 Å². The molecule has 1 atom stereocenters. The van der Waals surface area contributed by atoms with Crippen molar-refractivity contribution in [2.75, 3.05) is 11.5 Å². The minimum absolute atomic E-state index is 0.00595. The van der Waals surface area contributed by atoms with Gasteiger partial charge in [-0.15, -0.1) is 0 Å². The first-order valence-corrected chi connectivity index (χ1v) is 10.9. The molecule has 1 aromatic heterocycles. The summed E-state index contributed by atoms with van der Waals surface area (Å²) in [4.78, 5) is 40.8. The molecule has 0 radical (unpaired) electrons. The molecule has 1 unspecified atom stereocenters. The minimum atomic E-state index is -1.33. The second-order valence-corrected chi connectivity index (χ2v) is 8.59. The molecule has 8 nitrogen and oxygen atoms in total. The van der Waals surface area contributed by atoms with Crippen molar-refractivity contribution in [3.8, 4) is 0 Å². The van der Waals surface area contributed by atoms with E-state index >= 15 is 0 Å². The number of amides is 2. The Morgan fingerprint density at radius 3 is 2.66 bits per heavy atom. The normalized spacial score (nSPS) is 20.9. The Balaban J connectivity index is 1.79. The molecule has 1 aliphatic heterocycles. The minimum Gasteiger partial charge on any atom is -0.461 e. The summed E-state index contributed by atoms with van der Waals surface area (Å²) in [7, 11) is 0. The van der Waals surface area contributed by atoms with Crippen LogP contribution in [-0.2, 0) is 16.1 Å². The molecule has 1 saturated carbocycles. The van der Waals surface area contributed by atoms with Gasteiger partial charge in [-0.05, 0) is 57.4 Å². The van der Waals surface area contributed by atoms with Crippen LogP contribution in [0.2, 0.25) is 0 Å². The van der Waals surface area contributed by atoms with Crippen LogP contribution < -0.4 is 10.2 Å². The molecular weight excluding hydrogens is 415 g/mol. The second kappa shape index (κ2) is 8.37. The van der Waals surface area contributed by atoms with Gasteiger partial charge in [0.25, 0.3) is 5.91 Å². The van der Waals surface area contributed by atoms with Gasteiger partial charge in [0.05, 0.1) is 13.2 Å². The number of hydrogen-bond acceptors (Lipinski definition) is 5. The molecule has 4 rings (SSSR count). The summed E-state index contributed by atoms with van der Waals surface area (Å²) in [6.07, 6.45) is 3.89. The highest BCUT2D eigenvalue weighted by atomic mass is 19.1. The Kier molecular flexibility index (Phi) is 5.75. The lowest BCUT2D eigenvalue weighted by atomic mass is 9.92. The van der Waals surface area contributed by atoms with E-state index in [1.165, 1.54) is 33.8 Å². The molecule has 0 bridgehead atoms. The lowest BCUT2D eigenvalue weighted by Gasteiger charge is -2.44. The third kappa shape index (κ3) is 3.76. The third-order valence-electron chi connectivity index (χ3n) is 6.22. The number of anilines is 1. The van der Waals surface area contributed by atoms with Gasteiger partial charge in [0.2, 0.25) is 5.91 Å². The zero-order valence-electron chi connectivity index (χ0n) is 18.5. The number of halogens is 1. The summed E-state index contributed by atoms with van der Waals surface area (Å²) in [5, 5.41) is 7.33. The van der Waals surface area contributed by atoms with Crippen molar-refractivity contribution < 1.29 is 23.5 Å². The average Bonchev–Trinajstić information content (AvgIpc) is 3.39. The van der Waals surface area contributed by atoms with Crippen LogP contribution >= 0.6 is 0 Å². The van der Waals surface area contributed by atoms with Crippen LogP contribution in [0.15, 0.2) is 24.3 Å². The molecule has 1 fully saturated rings. The number of nitrogens with one attached hydrogen (secondary N) is 1. The number of fused-ring (bicyclic) bond motifs is 1. The molecule has 32 heavy (non-hydrogen) atoms. The first-order chi connectivity index (χ1) is 15.2. The zero-order valence-corrected chi connectivity index (χ0v) is 18.5. The smallest absolute Gasteiger partial charge is 0.358 e. The molecule has 1 aromatic carbocycles. The van der Waals surface area contributed by atoms with Crippen molar-refractivity contribution in [2.24, 2.45) is 0 Å². The molecule has 2 heterocycles. The largest absolute Gasteiger partial charge is 0.461 e. The van der Waals surface area contributed by atoms with Gasteiger partial charge < -0.3 is 10.1 Å². The summed E-state index contributed by atoms with van der Waals surface area (Å²) in [5.41, 5.74) is -0.190. The van der Waals surface area contributed by atoms with Crippen LogP contribution in [0.1, 0.15) is 66.1 Å². The van der Waals surface area contributed by atoms with Gasteiger partial charge in [-0.1, -0.05) is 12.8 Å². The van der Waals surface area contributed by atoms with Gasteiger partial charge in [-0.3, -0.25) is 19.2 Å². The number of carbonyl (C=O) groups excluding carboxylic acids is 3. The maximum atomic E-state index is 13.8. The number of carbonyl (C=O) groups is 3. The van der Waals surface area contributed by atoms with Gasteiger partial charge in [0, 0.05) is 17.8 Å². The van der Waals surface area contributed by atoms with Crippen LogP contribution in [0.5, 0.6) is 0 Å². The Labute approximate surface area is 185 Å². The van der Waals surface area contributed by atoms with E-state index in [9.17, 15) is 18.8 Å². The number of rotatable bonds is 5. The fraction of sp³-hybridized carbons (Fsp3) is 0.478. The molecule has 170 valence electrons. The third-order valence-corrected chi connectivity index (χ3v) is 6.22. The number of esters is 1. The van der Waals surface area contributed by atoms with E-state index in [2.05, 4.69) is 10.4 Å². The van der Waals surface area contributed by atoms with E-state index < -0.39 is 23.2 Å². The van der Waals surface area contributed by atoms with Gasteiger partial charge in [-0.25, -0.2) is 9.18 Å².